The molecule has 21 heavy (non-hydrogen) atoms. The van der Waals surface area contributed by atoms with E-state index in [1.165, 1.54) is 23.6 Å². The first-order valence-electron chi connectivity index (χ1n) is 5.40. The standard InChI is InChI=1S/C10H8N6O4S/c11-9-5-21-10(13-9)14-12-4-6-1-2-7(15(17)18)8(3-6)16(19)20/h1-5H,11H2,(H,13,14). The number of nitrogens with two attached hydrogens (primary N) is 1. The van der Waals surface area contributed by atoms with Crippen molar-refractivity contribution in [2.75, 3.05) is 11.2 Å². The number of aromatic nitrogens is 1. The van der Waals surface area contributed by atoms with Gasteiger partial charge in [0, 0.05) is 23.1 Å². The molecule has 0 unspecified atom stereocenters. The molecule has 11 heteroatoms. The van der Waals surface area contributed by atoms with Crippen molar-refractivity contribution in [3.05, 3.63) is 49.4 Å². The zero-order chi connectivity index (χ0) is 15.4. The van der Waals surface area contributed by atoms with Crippen molar-refractivity contribution in [2.24, 2.45) is 5.10 Å². The van der Waals surface area contributed by atoms with Crippen molar-refractivity contribution < 1.29 is 9.85 Å². The molecule has 0 atom stereocenters. The molecule has 0 bridgehead atoms. The van der Waals surface area contributed by atoms with Gasteiger partial charge in [-0.25, -0.2) is 4.98 Å². The van der Waals surface area contributed by atoms with Crippen molar-refractivity contribution in [3.63, 3.8) is 0 Å². The Hall–Kier alpha value is -3.08. The molecule has 2 aromatic rings. The van der Waals surface area contributed by atoms with Crippen LogP contribution in [0.1, 0.15) is 5.56 Å². The van der Waals surface area contributed by atoms with Gasteiger partial charge in [-0.3, -0.25) is 25.7 Å². The lowest BCUT2D eigenvalue weighted by Crippen LogP contribution is -1.98. The van der Waals surface area contributed by atoms with Gasteiger partial charge < -0.3 is 5.73 Å². The van der Waals surface area contributed by atoms with Gasteiger partial charge in [-0.15, -0.1) is 11.3 Å². The van der Waals surface area contributed by atoms with E-state index in [2.05, 4.69) is 15.5 Å². The van der Waals surface area contributed by atoms with Crippen LogP contribution in [0.15, 0.2) is 28.7 Å². The highest BCUT2D eigenvalue weighted by atomic mass is 32.1. The Labute approximate surface area is 121 Å². The number of anilines is 2. The quantitative estimate of drug-likeness (QED) is 0.487. The molecule has 0 saturated carbocycles. The van der Waals surface area contributed by atoms with Crippen LogP contribution in [-0.2, 0) is 0 Å². The maximum atomic E-state index is 10.8. The lowest BCUT2D eigenvalue weighted by molar-refractivity contribution is -0.422. The second-order valence-corrected chi connectivity index (χ2v) is 4.57. The Kier molecular flexibility index (Phi) is 4.04. The number of nitro benzene ring substituents is 2. The van der Waals surface area contributed by atoms with Gasteiger partial charge in [0.1, 0.15) is 5.82 Å². The zero-order valence-corrected chi connectivity index (χ0v) is 11.1. The fourth-order valence-electron chi connectivity index (χ4n) is 1.42. The number of nitrogens with zero attached hydrogens (tertiary/aromatic N) is 4. The molecule has 1 aromatic carbocycles. The number of hydrogen-bond donors (Lipinski definition) is 2. The number of hydrogen-bond acceptors (Lipinski definition) is 9. The largest absolute Gasteiger partial charge is 0.383 e. The van der Waals surface area contributed by atoms with E-state index in [9.17, 15) is 20.2 Å². The molecule has 0 amide bonds. The van der Waals surface area contributed by atoms with E-state index in [0.29, 0.717) is 16.5 Å². The van der Waals surface area contributed by atoms with Crippen molar-refractivity contribution >= 4 is 39.9 Å². The normalized spacial score (nSPS) is 10.7. The summed E-state index contributed by atoms with van der Waals surface area (Å²) in [6, 6.07) is 3.48. The summed E-state index contributed by atoms with van der Waals surface area (Å²) in [5.74, 6) is 0.351. The Morgan fingerprint density at radius 1 is 1.29 bits per heavy atom. The summed E-state index contributed by atoms with van der Waals surface area (Å²) >= 11 is 1.24. The van der Waals surface area contributed by atoms with Crippen LogP contribution in [0, 0.1) is 20.2 Å². The highest BCUT2D eigenvalue weighted by molar-refractivity contribution is 7.14. The first kappa shape index (κ1) is 14.3. The van der Waals surface area contributed by atoms with Crippen LogP contribution < -0.4 is 11.2 Å². The summed E-state index contributed by atoms with van der Waals surface area (Å²) in [5.41, 5.74) is 7.19. The average molecular weight is 308 g/mol. The lowest BCUT2D eigenvalue weighted by atomic mass is 10.2. The average Bonchev–Trinajstić information content (AvgIpc) is 2.84. The van der Waals surface area contributed by atoms with E-state index in [-0.39, 0.29) is 0 Å². The van der Waals surface area contributed by atoms with Crippen LogP contribution >= 0.6 is 11.3 Å². The van der Waals surface area contributed by atoms with E-state index < -0.39 is 21.2 Å². The van der Waals surface area contributed by atoms with Gasteiger partial charge in [-0.1, -0.05) is 0 Å². The second kappa shape index (κ2) is 5.92. The lowest BCUT2D eigenvalue weighted by Gasteiger charge is -1.97. The van der Waals surface area contributed by atoms with Gasteiger partial charge in [0.15, 0.2) is 0 Å². The maximum absolute atomic E-state index is 10.8. The smallest absolute Gasteiger partial charge is 0.346 e. The topological polar surface area (TPSA) is 150 Å². The van der Waals surface area contributed by atoms with Crippen molar-refractivity contribution in [3.8, 4) is 0 Å². The predicted octanol–water partition coefficient (Wildman–Crippen LogP) is 1.99. The van der Waals surface area contributed by atoms with Crippen LogP contribution in [0.2, 0.25) is 0 Å². The van der Waals surface area contributed by atoms with E-state index in [1.807, 2.05) is 0 Å². The van der Waals surface area contributed by atoms with Crippen LogP contribution in [0.5, 0.6) is 0 Å². The van der Waals surface area contributed by atoms with Crippen LogP contribution in [0.3, 0.4) is 0 Å². The molecule has 10 nitrogen and oxygen atoms in total. The van der Waals surface area contributed by atoms with E-state index >= 15 is 0 Å². The molecule has 0 radical (unpaired) electrons. The summed E-state index contributed by atoms with van der Waals surface area (Å²) < 4.78 is 0. The molecule has 0 aliphatic carbocycles. The first-order chi connectivity index (χ1) is 9.97. The minimum atomic E-state index is -0.815. The minimum Gasteiger partial charge on any atom is -0.383 e. The number of nitro groups is 2. The Morgan fingerprint density at radius 2 is 2.00 bits per heavy atom. The van der Waals surface area contributed by atoms with Gasteiger partial charge in [-0.2, -0.15) is 5.10 Å². The molecule has 0 saturated heterocycles. The molecule has 1 heterocycles. The van der Waals surface area contributed by atoms with Crippen LogP contribution in [0.25, 0.3) is 0 Å². The van der Waals surface area contributed by atoms with Gasteiger partial charge in [0.2, 0.25) is 5.13 Å². The van der Waals surface area contributed by atoms with Crippen molar-refractivity contribution in [2.45, 2.75) is 0 Å². The summed E-state index contributed by atoms with van der Waals surface area (Å²) in [5, 5.41) is 27.4. The predicted molar refractivity (Wildman–Crippen MR) is 77.5 cm³/mol. The van der Waals surface area contributed by atoms with Gasteiger partial charge in [0.05, 0.1) is 16.1 Å². The summed E-state index contributed by atoms with van der Waals surface area (Å²) in [6.45, 7) is 0. The molecule has 0 fully saturated rings. The molecule has 1 aromatic heterocycles. The van der Waals surface area contributed by atoms with Crippen molar-refractivity contribution in [1.29, 1.82) is 0 Å². The summed E-state index contributed by atoms with van der Waals surface area (Å²) in [7, 11) is 0. The number of nitrogen functional groups attached to an aromatic ring is 1. The van der Waals surface area contributed by atoms with E-state index in [4.69, 9.17) is 5.73 Å². The van der Waals surface area contributed by atoms with Crippen molar-refractivity contribution in [1.82, 2.24) is 4.98 Å². The molecule has 2 rings (SSSR count). The third-order valence-electron chi connectivity index (χ3n) is 2.29. The fourth-order valence-corrected chi connectivity index (χ4v) is 1.97. The van der Waals surface area contributed by atoms with Gasteiger partial charge >= 0.3 is 11.4 Å². The molecule has 3 N–H and O–H groups in total. The van der Waals surface area contributed by atoms with E-state index in [1.54, 1.807) is 5.38 Å². The number of benzene rings is 1. The molecule has 0 aliphatic rings. The van der Waals surface area contributed by atoms with Crippen LogP contribution in [0.4, 0.5) is 22.3 Å². The maximum Gasteiger partial charge on any atom is 0.346 e. The number of thiazole rings is 1. The first-order valence-corrected chi connectivity index (χ1v) is 6.28. The third kappa shape index (κ3) is 3.48. The van der Waals surface area contributed by atoms with Crippen LogP contribution in [-0.4, -0.2) is 21.0 Å². The van der Waals surface area contributed by atoms with E-state index in [0.717, 1.165) is 12.1 Å². The zero-order valence-electron chi connectivity index (χ0n) is 10.3. The highest BCUT2D eigenvalue weighted by Gasteiger charge is 2.23. The molecule has 108 valence electrons. The summed E-state index contributed by atoms with van der Waals surface area (Å²) in [4.78, 5) is 23.7. The number of nitrogens with one attached hydrogen (secondary N) is 1. The Balaban J connectivity index is 2.18. The van der Waals surface area contributed by atoms with Gasteiger partial charge in [-0.05, 0) is 6.07 Å². The fraction of sp³-hybridized carbons (Fsp3) is 0. The Bertz CT molecular complexity index is 728. The number of rotatable bonds is 5. The molecule has 0 aliphatic heterocycles. The third-order valence-corrected chi connectivity index (χ3v) is 3.05. The monoisotopic (exact) mass is 308 g/mol. The molecular weight excluding hydrogens is 300 g/mol. The molecular formula is C10H8N6O4S. The number of hydrazone groups is 1. The second-order valence-electron chi connectivity index (χ2n) is 3.71. The van der Waals surface area contributed by atoms with Gasteiger partial charge in [0.25, 0.3) is 0 Å². The highest BCUT2D eigenvalue weighted by Crippen LogP contribution is 2.26. The summed E-state index contributed by atoms with van der Waals surface area (Å²) in [6.07, 6.45) is 1.29. The molecule has 0 spiro atoms. The Morgan fingerprint density at radius 3 is 2.57 bits per heavy atom. The minimum absolute atomic E-state index is 0.337. The SMILES string of the molecule is Nc1csc(NN=Cc2ccc([N+](=O)[O-])c([N+](=O)[O-])c2)n1.